The highest BCUT2D eigenvalue weighted by Crippen LogP contribution is 2.23. The lowest BCUT2D eigenvalue weighted by Crippen LogP contribution is -2.61. The van der Waals surface area contributed by atoms with Crippen molar-refractivity contribution in [3.05, 3.63) is 35.9 Å². The molecule has 0 radical (unpaired) electrons. The molecule has 0 aromatic heterocycles. The largest absolute Gasteiger partial charge is 0.471 e. The summed E-state index contributed by atoms with van der Waals surface area (Å²) in [7, 11) is 0. The van der Waals surface area contributed by atoms with Gasteiger partial charge in [0.2, 0.25) is 11.8 Å². The first-order valence-electron chi connectivity index (χ1n) is 13.1. The average Bonchev–Trinajstić information content (AvgIpc) is 3.23. The highest BCUT2D eigenvalue weighted by Gasteiger charge is 2.44. The van der Waals surface area contributed by atoms with Gasteiger partial charge in [-0.25, -0.2) is 9.80 Å². The van der Waals surface area contributed by atoms with Crippen LogP contribution in [0.15, 0.2) is 30.3 Å². The number of rotatable bonds is 8. The van der Waals surface area contributed by atoms with E-state index in [1.54, 1.807) is 56.4 Å². The Morgan fingerprint density at radius 3 is 2.10 bits per heavy atom. The molecule has 1 fully saturated rings. The van der Waals surface area contributed by atoms with Gasteiger partial charge in [-0.05, 0) is 38.2 Å². The smallest absolute Gasteiger partial charge is 0.442 e. The third-order valence-corrected chi connectivity index (χ3v) is 6.00. The summed E-state index contributed by atoms with van der Waals surface area (Å²) >= 11 is 0. The van der Waals surface area contributed by atoms with Crippen LogP contribution in [0.3, 0.4) is 0 Å². The quantitative estimate of drug-likeness (QED) is 0.344. The lowest BCUT2D eigenvalue weighted by Gasteiger charge is -2.33. The van der Waals surface area contributed by atoms with Crippen LogP contribution in [0.1, 0.15) is 53.5 Å². The van der Waals surface area contributed by atoms with E-state index in [0.717, 1.165) is 5.01 Å². The lowest BCUT2D eigenvalue weighted by atomic mass is 9.85. The molecule has 5 amide bonds. The van der Waals surface area contributed by atoms with Crippen molar-refractivity contribution in [1.82, 2.24) is 26.4 Å². The molecular formula is C27H38F3N5O6. The van der Waals surface area contributed by atoms with Crippen LogP contribution >= 0.6 is 0 Å². The molecule has 0 saturated carbocycles. The number of carbonyl (C=O) groups excluding carboxylic acids is 5. The number of nitrogens with zero attached hydrogens (tertiary/aromatic N) is 1. The van der Waals surface area contributed by atoms with Crippen LogP contribution in [0.4, 0.5) is 18.0 Å². The first-order chi connectivity index (χ1) is 18.8. The summed E-state index contributed by atoms with van der Waals surface area (Å²) in [6.07, 6.45) is -5.87. The monoisotopic (exact) mass is 585 g/mol. The molecular weight excluding hydrogens is 547 g/mol. The number of hydrogen-bond donors (Lipinski definition) is 4. The number of hydrogen-bond acceptors (Lipinski definition) is 6. The second-order valence-corrected chi connectivity index (χ2v) is 11.9. The summed E-state index contributed by atoms with van der Waals surface area (Å²) in [4.78, 5) is 63.6. The van der Waals surface area contributed by atoms with Crippen molar-refractivity contribution >= 4 is 29.7 Å². The molecule has 4 N–H and O–H groups in total. The summed E-state index contributed by atoms with van der Waals surface area (Å²) in [6.45, 7) is 9.40. The molecule has 41 heavy (non-hydrogen) atoms. The molecule has 1 aliphatic rings. The molecule has 14 heteroatoms. The molecule has 0 aliphatic carbocycles. The second kappa shape index (κ2) is 13.2. The molecule has 1 aromatic carbocycles. The summed E-state index contributed by atoms with van der Waals surface area (Å²) in [6, 6.07) is 5.42. The zero-order valence-corrected chi connectivity index (χ0v) is 24.0. The van der Waals surface area contributed by atoms with Gasteiger partial charge < -0.3 is 20.7 Å². The molecule has 1 saturated heterocycles. The molecule has 2 rings (SSSR count). The van der Waals surface area contributed by atoms with E-state index in [2.05, 4.69) is 16.1 Å². The van der Waals surface area contributed by atoms with E-state index in [1.807, 2.05) is 0 Å². The normalized spacial score (nSPS) is 17.1. The number of ether oxygens (including phenoxy) is 1. The molecule has 0 bridgehead atoms. The third-order valence-electron chi connectivity index (χ3n) is 6.00. The fraction of sp³-hybridized carbons (Fsp3) is 0.593. The Bertz CT molecular complexity index is 1120. The lowest BCUT2D eigenvalue weighted by molar-refractivity contribution is -0.175. The van der Waals surface area contributed by atoms with Gasteiger partial charge in [-0.2, -0.15) is 13.2 Å². The molecule has 1 aromatic rings. The fourth-order valence-corrected chi connectivity index (χ4v) is 3.94. The molecule has 0 spiro atoms. The zero-order valence-electron chi connectivity index (χ0n) is 24.0. The van der Waals surface area contributed by atoms with E-state index in [4.69, 9.17) is 4.74 Å². The number of nitrogens with one attached hydrogen (secondary N) is 4. The van der Waals surface area contributed by atoms with Crippen molar-refractivity contribution in [3.8, 4) is 0 Å². The minimum atomic E-state index is -5.23. The second-order valence-electron chi connectivity index (χ2n) is 11.9. The van der Waals surface area contributed by atoms with Crippen molar-refractivity contribution in [3.63, 3.8) is 0 Å². The third kappa shape index (κ3) is 10.6. The number of benzene rings is 1. The first-order valence-corrected chi connectivity index (χ1v) is 13.1. The summed E-state index contributed by atoms with van der Waals surface area (Å²) in [5.41, 5.74) is 0.901. The molecule has 1 aliphatic heterocycles. The van der Waals surface area contributed by atoms with E-state index in [9.17, 15) is 37.1 Å². The molecule has 0 unspecified atom stereocenters. The maximum atomic E-state index is 13.5. The Kier molecular flexibility index (Phi) is 10.8. The van der Waals surface area contributed by atoms with Gasteiger partial charge >= 0.3 is 18.2 Å². The van der Waals surface area contributed by atoms with Crippen LogP contribution in [-0.4, -0.2) is 71.7 Å². The standard InChI is InChI=1S/C27H38F3N5O6/c1-25(2,3)19(33-23(39)27(28,29)30)22(38)32-18(14-16-10-8-7-9-11-16)21(37)34-35(24(40)41-26(4,5)6)15-17-12-13-31-20(17)36/h7-11,17-19H,12-15H2,1-6H3,(H,31,36)(H,32,38)(H,33,39)(H,34,37)/t17-,18-,19+/m0/s1. The van der Waals surface area contributed by atoms with Gasteiger partial charge in [0.1, 0.15) is 17.7 Å². The van der Waals surface area contributed by atoms with Crippen LogP contribution < -0.4 is 21.4 Å². The molecule has 3 atom stereocenters. The average molecular weight is 586 g/mol. The number of halogens is 3. The molecule has 228 valence electrons. The van der Waals surface area contributed by atoms with Crippen molar-refractivity contribution < 1.29 is 41.9 Å². The van der Waals surface area contributed by atoms with E-state index in [0.29, 0.717) is 18.5 Å². The van der Waals surface area contributed by atoms with E-state index < -0.39 is 59.0 Å². The summed E-state index contributed by atoms with van der Waals surface area (Å²) in [5, 5.41) is 7.63. The topological polar surface area (TPSA) is 146 Å². The van der Waals surface area contributed by atoms with Gasteiger partial charge in [-0.3, -0.25) is 24.6 Å². The molecule has 1 heterocycles. The van der Waals surface area contributed by atoms with Crippen molar-refractivity contribution in [1.29, 1.82) is 0 Å². The number of hydrazine groups is 1. The van der Waals surface area contributed by atoms with Crippen LogP contribution in [-0.2, 0) is 30.3 Å². The van der Waals surface area contributed by atoms with Crippen LogP contribution in [0, 0.1) is 11.3 Å². The highest BCUT2D eigenvalue weighted by molar-refractivity contribution is 5.94. The number of carbonyl (C=O) groups is 5. The highest BCUT2D eigenvalue weighted by atomic mass is 19.4. The van der Waals surface area contributed by atoms with Crippen LogP contribution in [0.5, 0.6) is 0 Å². The van der Waals surface area contributed by atoms with Crippen molar-refractivity contribution in [2.24, 2.45) is 11.3 Å². The number of alkyl halides is 3. The predicted molar refractivity (Wildman–Crippen MR) is 142 cm³/mol. The minimum absolute atomic E-state index is 0.103. The summed E-state index contributed by atoms with van der Waals surface area (Å²) in [5.74, 6) is -5.17. The maximum absolute atomic E-state index is 13.5. The Labute approximate surface area is 236 Å². The Morgan fingerprint density at radius 2 is 1.61 bits per heavy atom. The van der Waals surface area contributed by atoms with Gasteiger partial charge in [0.25, 0.3) is 5.91 Å². The van der Waals surface area contributed by atoms with Crippen molar-refractivity contribution in [2.45, 2.75) is 78.2 Å². The Hall–Kier alpha value is -3.84. The minimum Gasteiger partial charge on any atom is -0.442 e. The van der Waals surface area contributed by atoms with Gasteiger partial charge in [0.05, 0.1) is 12.5 Å². The van der Waals surface area contributed by atoms with Crippen molar-refractivity contribution in [2.75, 3.05) is 13.1 Å². The van der Waals surface area contributed by atoms with E-state index in [1.165, 1.54) is 20.8 Å². The van der Waals surface area contributed by atoms with Gasteiger partial charge in [-0.1, -0.05) is 51.1 Å². The zero-order chi connectivity index (χ0) is 31.2. The van der Waals surface area contributed by atoms with Gasteiger partial charge in [-0.15, -0.1) is 0 Å². The molecule has 11 nitrogen and oxygen atoms in total. The predicted octanol–water partition coefficient (Wildman–Crippen LogP) is 2.21. The van der Waals surface area contributed by atoms with E-state index >= 15 is 0 Å². The van der Waals surface area contributed by atoms with E-state index in [-0.39, 0.29) is 18.9 Å². The first kappa shape index (κ1) is 33.4. The van der Waals surface area contributed by atoms with Gasteiger partial charge in [0, 0.05) is 13.0 Å². The maximum Gasteiger partial charge on any atom is 0.471 e. The SMILES string of the molecule is CC(C)(C)OC(=O)N(C[C@@H]1CCNC1=O)NC(=O)[C@H](Cc1ccccc1)NC(=O)[C@@H](NC(=O)C(F)(F)F)C(C)(C)C. The van der Waals surface area contributed by atoms with Crippen LogP contribution in [0.25, 0.3) is 0 Å². The van der Waals surface area contributed by atoms with Gasteiger partial charge in [0.15, 0.2) is 0 Å². The summed E-state index contributed by atoms with van der Waals surface area (Å²) < 4.78 is 44.3. The Balaban J connectivity index is 2.35. The number of amides is 5. The fourth-order valence-electron chi connectivity index (χ4n) is 3.94. The van der Waals surface area contributed by atoms with Crippen LogP contribution in [0.2, 0.25) is 0 Å². The Morgan fingerprint density at radius 1 is 1.00 bits per heavy atom.